The van der Waals surface area contributed by atoms with Crippen LogP contribution in [0.25, 0.3) is 0 Å². The first-order valence-electron chi connectivity index (χ1n) is 8.06. The summed E-state index contributed by atoms with van der Waals surface area (Å²) in [4.78, 5) is 12.0. The van der Waals surface area contributed by atoms with Crippen LogP contribution in [0.15, 0.2) is 42.5 Å². The quantitative estimate of drug-likeness (QED) is 0.906. The first kappa shape index (κ1) is 16.2. The third kappa shape index (κ3) is 3.79. The van der Waals surface area contributed by atoms with Crippen molar-refractivity contribution >= 4 is 6.09 Å². The van der Waals surface area contributed by atoms with Crippen LogP contribution in [-0.4, -0.2) is 19.4 Å². The van der Waals surface area contributed by atoms with Crippen molar-refractivity contribution in [3.63, 3.8) is 0 Å². The number of fused-ring (bicyclic) bond motifs is 1. The van der Waals surface area contributed by atoms with Gasteiger partial charge in [-0.15, -0.1) is 0 Å². The van der Waals surface area contributed by atoms with Crippen molar-refractivity contribution in [3.05, 3.63) is 53.6 Å². The molecule has 0 fully saturated rings. The lowest BCUT2D eigenvalue weighted by atomic mass is 10.0. The Labute approximate surface area is 141 Å². The van der Waals surface area contributed by atoms with Gasteiger partial charge in [-0.1, -0.05) is 38.1 Å². The molecule has 0 saturated heterocycles. The van der Waals surface area contributed by atoms with Crippen LogP contribution in [0, 0.1) is 0 Å². The number of rotatable bonds is 5. The van der Waals surface area contributed by atoms with E-state index in [2.05, 4.69) is 19.2 Å². The van der Waals surface area contributed by atoms with Gasteiger partial charge in [0.15, 0.2) is 11.5 Å². The number of nitrogens with one attached hydrogen (secondary N) is 1. The molecule has 0 spiro atoms. The molecule has 0 saturated carbocycles. The van der Waals surface area contributed by atoms with E-state index in [4.69, 9.17) is 14.2 Å². The molecule has 1 aliphatic heterocycles. The predicted octanol–water partition coefficient (Wildman–Crippen LogP) is 3.87. The highest BCUT2D eigenvalue weighted by Crippen LogP contribution is 2.32. The molecular formula is C19H21NO4. The van der Waals surface area contributed by atoms with Crippen molar-refractivity contribution in [2.75, 3.05) is 13.3 Å². The number of carbonyl (C=O) groups is 1. The predicted molar refractivity (Wildman–Crippen MR) is 90.8 cm³/mol. The summed E-state index contributed by atoms with van der Waals surface area (Å²) < 4.78 is 16.1. The van der Waals surface area contributed by atoms with Crippen molar-refractivity contribution in [2.24, 2.45) is 0 Å². The summed E-state index contributed by atoms with van der Waals surface area (Å²) >= 11 is 0. The van der Waals surface area contributed by atoms with Gasteiger partial charge in [-0.2, -0.15) is 0 Å². The average Bonchev–Trinajstić information content (AvgIpc) is 3.03. The van der Waals surface area contributed by atoms with E-state index in [-0.39, 0.29) is 6.79 Å². The molecule has 0 aliphatic carbocycles. The average molecular weight is 327 g/mol. The summed E-state index contributed by atoms with van der Waals surface area (Å²) in [5.41, 5.74) is 2.09. The van der Waals surface area contributed by atoms with Crippen molar-refractivity contribution in [2.45, 2.75) is 26.2 Å². The Balaban J connectivity index is 1.51. The lowest BCUT2D eigenvalue weighted by molar-refractivity contribution is 0.174. The molecule has 0 atom stereocenters. The van der Waals surface area contributed by atoms with E-state index in [9.17, 15) is 4.79 Å². The van der Waals surface area contributed by atoms with E-state index in [0.717, 1.165) is 22.6 Å². The van der Waals surface area contributed by atoms with Crippen LogP contribution >= 0.6 is 0 Å². The molecular weight excluding hydrogens is 306 g/mol. The second-order valence-corrected chi connectivity index (χ2v) is 5.95. The van der Waals surface area contributed by atoms with Crippen LogP contribution in [0.2, 0.25) is 0 Å². The number of benzene rings is 2. The molecule has 1 N–H and O–H groups in total. The Hall–Kier alpha value is -2.69. The molecule has 2 aromatic rings. The minimum atomic E-state index is -0.441. The lowest BCUT2D eigenvalue weighted by Crippen LogP contribution is -2.29. The number of ether oxygens (including phenoxy) is 3. The molecule has 126 valence electrons. The maximum atomic E-state index is 12.0. The van der Waals surface area contributed by atoms with Gasteiger partial charge in [0.25, 0.3) is 0 Å². The highest BCUT2D eigenvalue weighted by molar-refractivity contribution is 5.70. The molecule has 1 aliphatic rings. The highest BCUT2D eigenvalue weighted by Gasteiger charge is 2.14. The second-order valence-electron chi connectivity index (χ2n) is 5.95. The number of hydrogen-bond acceptors (Lipinski definition) is 4. The molecule has 5 nitrogen and oxygen atoms in total. The van der Waals surface area contributed by atoms with Crippen LogP contribution in [0.4, 0.5) is 4.79 Å². The minimum absolute atomic E-state index is 0.263. The zero-order valence-corrected chi connectivity index (χ0v) is 13.9. The maximum absolute atomic E-state index is 12.0. The van der Waals surface area contributed by atoms with Crippen molar-refractivity contribution in [3.8, 4) is 17.2 Å². The lowest BCUT2D eigenvalue weighted by Gasteiger charge is -2.13. The Morgan fingerprint density at radius 2 is 1.96 bits per heavy atom. The Morgan fingerprint density at radius 3 is 2.79 bits per heavy atom. The topological polar surface area (TPSA) is 56.8 Å². The SMILES string of the molecule is CC(C)c1ccccc1OC(=O)NCCc1ccc2c(c1)OCO2. The maximum Gasteiger partial charge on any atom is 0.412 e. The normalized spacial score (nSPS) is 12.3. The van der Waals surface area contributed by atoms with E-state index < -0.39 is 6.09 Å². The van der Waals surface area contributed by atoms with E-state index in [1.54, 1.807) is 0 Å². The highest BCUT2D eigenvalue weighted by atomic mass is 16.7. The third-order valence-corrected chi connectivity index (χ3v) is 3.86. The Kier molecular flexibility index (Phi) is 4.89. The zero-order chi connectivity index (χ0) is 16.9. The molecule has 3 rings (SSSR count). The van der Waals surface area contributed by atoms with Gasteiger partial charge in [-0.25, -0.2) is 4.79 Å². The second kappa shape index (κ2) is 7.25. The number of carbonyl (C=O) groups excluding carboxylic acids is 1. The fourth-order valence-corrected chi connectivity index (χ4v) is 2.59. The van der Waals surface area contributed by atoms with E-state index in [1.165, 1.54) is 0 Å². The molecule has 24 heavy (non-hydrogen) atoms. The van der Waals surface area contributed by atoms with Crippen LogP contribution in [0.5, 0.6) is 17.2 Å². The Bertz CT molecular complexity index is 727. The zero-order valence-electron chi connectivity index (χ0n) is 13.9. The number of amides is 1. The third-order valence-electron chi connectivity index (χ3n) is 3.86. The summed E-state index contributed by atoms with van der Waals surface area (Å²) in [6, 6.07) is 13.4. The van der Waals surface area contributed by atoms with Gasteiger partial charge >= 0.3 is 6.09 Å². The standard InChI is InChI=1S/C19H21NO4/c1-13(2)15-5-3-4-6-16(15)24-19(21)20-10-9-14-7-8-17-18(11-14)23-12-22-17/h3-8,11,13H,9-10,12H2,1-2H3,(H,20,21). The van der Waals surface area contributed by atoms with Crippen LogP contribution in [0.1, 0.15) is 30.9 Å². The first-order valence-corrected chi connectivity index (χ1v) is 8.06. The molecule has 1 amide bonds. The van der Waals surface area contributed by atoms with Gasteiger partial charge in [0.2, 0.25) is 6.79 Å². The van der Waals surface area contributed by atoms with E-state index >= 15 is 0 Å². The van der Waals surface area contributed by atoms with Gasteiger partial charge in [0, 0.05) is 6.54 Å². The number of hydrogen-bond donors (Lipinski definition) is 1. The van der Waals surface area contributed by atoms with Crippen molar-refractivity contribution in [1.82, 2.24) is 5.32 Å². The molecule has 5 heteroatoms. The fourth-order valence-electron chi connectivity index (χ4n) is 2.59. The van der Waals surface area contributed by atoms with Crippen molar-refractivity contribution in [1.29, 1.82) is 0 Å². The van der Waals surface area contributed by atoms with Gasteiger partial charge in [0.05, 0.1) is 0 Å². The largest absolute Gasteiger partial charge is 0.454 e. The monoisotopic (exact) mass is 327 g/mol. The summed E-state index contributed by atoms with van der Waals surface area (Å²) in [6.07, 6.45) is 0.251. The summed E-state index contributed by atoms with van der Waals surface area (Å²) in [5.74, 6) is 2.41. The van der Waals surface area contributed by atoms with E-state index in [0.29, 0.717) is 24.6 Å². The van der Waals surface area contributed by atoms with Crippen LogP contribution in [-0.2, 0) is 6.42 Å². The number of para-hydroxylation sites is 1. The fraction of sp³-hybridized carbons (Fsp3) is 0.316. The van der Waals surface area contributed by atoms with Gasteiger partial charge in [-0.3, -0.25) is 0 Å². The summed E-state index contributed by atoms with van der Waals surface area (Å²) in [6.45, 7) is 4.89. The van der Waals surface area contributed by atoms with Crippen LogP contribution < -0.4 is 19.5 Å². The molecule has 2 aromatic carbocycles. The molecule has 0 bridgehead atoms. The van der Waals surface area contributed by atoms with Crippen LogP contribution in [0.3, 0.4) is 0 Å². The van der Waals surface area contributed by atoms with E-state index in [1.807, 2.05) is 42.5 Å². The molecule has 1 heterocycles. The summed E-state index contributed by atoms with van der Waals surface area (Å²) in [7, 11) is 0. The first-order chi connectivity index (χ1) is 11.6. The molecule has 0 unspecified atom stereocenters. The van der Waals surface area contributed by atoms with Gasteiger partial charge in [-0.05, 0) is 41.7 Å². The van der Waals surface area contributed by atoms with Gasteiger partial charge < -0.3 is 19.5 Å². The molecule has 0 aromatic heterocycles. The Morgan fingerprint density at radius 1 is 1.17 bits per heavy atom. The summed E-state index contributed by atoms with van der Waals surface area (Å²) in [5, 5.41) is 2.78. The van der Waals surface area contributed by atoms with Gasteiger partial charge in [0.1, 0.15) is 5.75 Å². The minimum Gasteiger partial charge on any atom is -0.454 e. The van der Waals surface area contributed by atoms with Crippen molar-refractivity contribution < 1.29 is 19.0 Å². The smallest absolute Gasteiger partial charge is 0.412 e. The molecule has 0 radical (unpaired) electrons.